The van der Waals surface area contributed by atoms with Crippen LogP contribution in [-0.2, 0) is 11.3 Å². The Morgan fingerprint density at radius 3 is 2.67 bits per heavy atom. The number of benzene rings is 1. The zero-order chi connectivity index (χ0) is 17.5. The minimum atomic E-state index is -0.480. The van der Waals surface area contributed by atoms with Gasteiger partial charge in [0.2, 0.25) is 5.91 Å². The zero-order valence-corrected chi connectivity index (χ0v) is 13.4. The molecule has 1 heterocycles. The highest BCUT2D eigenvalue weighted by Gasteiger charge is 2.22. The van der Waals surface area contributed by atoms with E-state index in [2.05, 4.69) is 16.0 Å². The predicted molar refractivity (Wildman–Crippen MR) is 87.4 cm³/mol. The largest absolute Gasteiger partial charge is 0.336 e. The van der Waals surface area contributed by atoms with E-state index in [0.29, 0.717) is 6.54 Å². The van der Waals surface area contributed by atoms with Gasteiger partial charge in [0, 0.05) is 44.4 Å². The maximum atomic E-state index is 12.1. The fraction of sp³-hybridized carbons (Fsp3) is 0.467. The standard InChI is InChI=1S/C15H21N5O4/c1-11-8-16-6-7-19(11)14(21)10-18-15(22)17-9-12-2-4-13(5-3-12)20(23)24/h2-5,11,16H,6-10H2,1H3,(H2,17,18,22)/t11-/m1/s1. The molecule has 0 spiro atoms. The molecule has 0 saturated carbocycles. The van der Waals surface area contributed by atoms with Crippen molar-refractivity contribution in [3.63, 3.8) is 0 Å². The molecule has 9 heteroatoms. The number of hydrogen-bond donors (Lipinski definition) is 3. The highest BCUT2D eigenvalue weighted by atomic mass is 16.6. The molecular weight excluding hydrogens is 314 g/mol. The second kappa shape index (κ2) is 8.25. The maximum absolute atomic E-state index is 12.1. The van der Waals surface area contributed by atoms with Gasteiger partial charge in [0.1, 0.15) is 0 Å². The van der Waals surface area contributed by atoms with Crippen LogP contribution in [0.4, 0.5) is 10.5 Å². The summed E-state index contributed by atoms with van der Waals surface area (Å²) in [4.78, 5) is 35.7. The molecule has 1 saturated heterocycles. The van der Waals surface area contributed by atoms with Gasteiger partial charge in [0.25, 0.3) is 5.69 Å². The van der Waals surface area contributed by atoms with E-state index in [0.717, 1.165) is 18.7 Å². The van der Waals surface area contributed by atoms with E-state index in [9.17, 15) is 19.7 Å². The molecule has 0 aliphatic carbocycles. The molecule has 24 heavy (non-hydrogen) atoms. The van der Waals surface area contributed by atoms with Crippen LogP contribution in [0.3, 0.4) is 0 Å². The summed E-state index contributed by atoms with van der Waals surface area (Å²) in [5.74, 6) is -0.116. The lowest BCUT2D eigenvalue weighted by Crippen LogP contribution is -2.55. The summed E-state index contributed by atoms with van der Waals surface area (Å²) in [7, 11) is 0. The maximum Gasteiger partial charge on any atom is 0.315 e. The molecule has 0 bridgehead atoms. The summed E-state index contributed by atoms with van der Waals surface area (Å²) in [6.45, 7) is 4.25. The van der Waals surface area contributed by atoms with Crippen molar-refractivity contribution in [1.29, 1.82) is 0 Å². The summed E-state index contributed by atoms with van der Waals surface area (Å²) in [6, 6.07) is 5.56. The number of hydrogen-bond acceptors (Lipinski definition) is 5. The molecule has 2 rings (SSSR count). The third-order valence-corrected chi connectivity index (χ3v) is 3.82. The van der Waals surface area contributed by atoms with Crippen molar-refractivity contribution in [2.45, 2.75) is 19.5 Å². The summed E-state index contributed by atoms with van der Waals surface area (Å²) in [5.41, 5.74) is 0.733. The van der Waals surface area contributed by atoms with E-state index in [1.54, 1.807) is 17.0 Å². The molecule has 9 nitrogen and oxygen atoms in total. The quantitative estimate of drug-likeness (QED) is 0.525. The van der Waals surface area contributed by atoms with Crippen LogP contribution in [-0.4, -0.2) is 54.0 Å². The zero-order valence-electron chi connectivity index (χ0n) is 13.4. The Labute approximate surface area is 139 Å². The van der Waals surface area contributed by atoms with Crippen LogP contribution < -0.4 is 16.0 Å². The lowest BCUT2D eigenvalue weighted by Gasteiger charge is -2.34. The van der Waals surface area contributed by atoms with Gasteiger partial charge in [0.05, 0.1) is 11.5 Å². The van der Waals surface area contributed by atoms with E-state index in [1.807, 2.05) is 6.92 Å². The first-order valence-electron chi connectivity index (χ1n) is 7.72. The number of nitro benzene ring substituents is 1. The molecule has 0 radical (unpaired) electrons. The average molecular weight is 335 g/mol. The van der Waals surface area contributed by atoms with Gasteiger partial charge in [-0.05, 0) is 12.5 Å². The molecule has 1 aromatic carbocycles. The fourth-order valence-corrected chi connectivity index (χ4v) is 2.45. The van der Waals surface area contributed by atoms with Crippen molar-refractivity contribution >= 4 is 17.6 Å². The van der Waals surface area contributed by atoms with E-state index in [-0.39, 0.29) is 30.7 Å². The van der Waals surface area contributed by atoms with Crippen LogP contribution >= 0.6 is 0 Å². The Kier molecular flexibility index (Phi) is 6.07. The molecule has 1 aliphatic heterocycles. The molecular formula is C15H21N5O4. The van der Waals surface area contributed by atoms with Crippen molar-refractivity contribution in [3.05, 3.63) is 39.9 Å². The van der Waals surface area contributed by atoms with E-state index >= 15 is 0 Å². The highest BCUT2D eigenvalue weighted by molar-refractivity contribution is 5.84. The van der Waals surface area contributed by atoms with Crippen LogP contribution in [0.1, 0.15) is 12.5 Å². The fourth-order valence-electron chi connectivity index (χ4n) is 2.45. The first-order chi connectivity index (χ1) is 11.5. The van der Waals surface area contributed by atoms with Gasteiger partial charge in [0.15, 0.2) is 0 Å². The molecule has 0 aromatic heterocycles. The third-order valence-electron chi connectivity index (χ3n) is 3.82. The topological polar surface area (TPSA) is 117 Å². The lowest BCUT2D eigenvalue weighted by atomic mass is 10.2. The normalized spacial score (nSPS) is 17.2. The van der Waals surface area contributed by atoms with Crippen LogP contribution in [0.15, 0.2) is 24.3 Å². The average Bonchev–Trinajstić information content (AvgIpc) is 2.58. The van der Waals surface area contributed by atoms with Crippen LogP contribution in [0, 0.1) is 10.1 Å². The minimum absolute atomic E-state index is 0.000982. The summed E-state index contributed by atoms with van der Waals surface area (Å²) in [6.07, 6.45) is 0. The number of nitrogens with one attached hydrogen (secondary N) is 3. The number of carbonyl (C=O) groups excluding carboxylic acids is 2. The first kappa shape index (κ1) is 17.7. The van der Waals surface area contributed by atoms with Gasteiger partial charge in [-0.2, -0.15) is 0 Å². The van der Waals surface area contributed by atoms with Crippen LogP contribution in [0.5, 0.6) is 0 Å². The summed E-state index contributed by atoms with van der Waals surface area (Å²) in [5, 5.41) is 18.9. The monoisotopic (exact) mass is 335 g/mol. The Balaban J connectivity index is 1.73. The van der Waals surface area contributed by atoms with Gasteiger partial charge in [-0.25, -0.2) is 4.79 Å². The van der Waals surface area contributed by atoms with Crippen LogP contribution in [0.25, 0.3) is 0 Å². The van der Waals surface area contributed by atoms with E-state index in [4.69, 9.17) is 0 Å². The molecule has 0 unspecified atom stereocenters. The van der Waals surface area contributed by atoms with Crippen molar-refractivity contribution in [2.75, 3.05) is 26.2 Å². The molecule has 130 valence electrons. The van der Waals surface area contributed by atoms with Gasteiger partial charge in [-0.3, -0.25) is 14.9 Å². The van der Waals surface area contributed by atoms with Crippen molar-refractivity contribution in [2.24, 2.45) is 0 Å². The van der Waals surface area contributed by atoms with Gasteiger partial charge in [-0.15, -0.1) is 0 Å². The van der Waals surface area contributed by atoms with Gasteiger partial charge in [-0.1, -0.05) is 12.1 Å². The molecule has 1 aliphatic rings. The Morgan fingerprint density at radius 2 is 2.04 bits per heavy atom. The smallest absolute Gasteiger partial charge is 0.315 e. The third kappa shape index (κ3) is 4.92. The van der Waals surface area contributed by atoms with Crippen molar-refractivity contribution in [1.82, 2.24) is 20.9 Å². The Morgan fingerprint density at radius 1 is 1.33 bits per heavy atom. The SMILES string of the molecule is C[C@@H]1CNCCN1C(=O)CNC(=O)NCc1ccc([N+](=O)[O-])cc1. The molecule has 3 N–H and O–H groups in total. The number of carbonyl (C=O) groups is 2. The van der Waals surface area contributed by atoms with Crippen molar-refractivity contribution < 1.29 is 14.5 Å². The number of non-ortho nitro benzene ring substituents is 1. The number of rotatable bonds is 5. The predicted octanol–water partition coefficient (Wildman–Crippen LogP) is 0.214. The minimum Gasteiger partial charge on any atom is -0.336 e. The molecule has 3 amide bonds. The lowest BCUT2D eigenvalue weighted by molar-refractivity contribution is -0.384. The Bertz CT molecular complexity index is 604. The second-order valence-electron chi connectivity index (χ2n) is 5.60. The van der Waals surface area contributed by atoms with Gasteiger partial charge < -0.3 is 20.9 Å². The first-order valence-corrected chi connectivity index (χ1v) is 7.72. The number of piperazine rings is 1. The number of nitro groups is 1. The molecule has 1 aromatic rings. The highest BCUT2D eigenvalue weighted by Crippen LogP contribution is 2.11. The number of nitrogens with zero attached hydrogens (tertiary/aromatic N) is 2. The Hall–Kier alpha value is -2.68. The molecule has 1 atom stereocenters. The molecule has 1 fully saturated rings. The van der Waals surface area contributed by atoms with Crippen molar-refractivity contribution in [3.8, 4) is 0 Å². The number of urea groups is 1. The van der Waals surface area contributed by atoms with Gasteiger partial charge >= 0.3 is 6.03 Å². The van der Waals surface area contributed by atoms with E-state index in [1.165, 1.54) is 12.1 Å². The van der Waals surface area contributed by atoms with Crippen LogP contribution in [0.2, 0.25) is 0 Å². The summed E-state index contributed by atoms with van der Waals surface area (Å²) < 4.78 is 0. The summed E-state index contributed by atoms with van der Waals surface area (Å²) >= 11 is 0. The second-order valence-corrected chi connectivity index (χ2v) is 5.60. The number of amides is 3. The van der Waals surface area contributed by atoms with E-state index < -0.39 is 11.0 Å².